The van der Waals surface area contributed by atoms with Gasteiger partial charge in [-0.15, -0.1) is 11.8 Å². The Bertz CT molecular complexity index is 844. The summed E-state index contributed by atoms with van der Waals surface area (Å²) in [5.74, 6) is -2.55. The van der Waals surface area contributed by atoms with Crippen LogP contribution in [-0.2, 0) is 19.2 Å². The average molecular weight is 410 g/mol. The maximum Gasteiger partial charge on any atom is 0.353 e. The molecule has 3 amide bonds. The fourth-order valence-electron chi connectivity index (χ4n) is 2.97. The van der Waals surface area contributed by atoms with Gasteiger partial charge in [0.15, 0.2) is 0 Å². The number of β-lactam (4-membered cyclic amide) rings is 1. The van der Waals surface area contributed by atoms with E-state index in [0.717, 1.165) is 4.90 Å². The molecule has 1 fully saturated rings. The van der Waals surface area contributed by atoms with Crippen molar-refractivity contribution in [3.63, 3.8) is 0 Å². The molecule has 1 saturated heterocycles. The summed E-state index contributed by atoms with van der Waals surface area (Å²) in [6.07, 6.45) is 0. The Morgan fingerprint density at radius 1 is 1.30 bits per heavy atom. The smallest absolute Gasteiger partial charge is 0.353 e. The lowest BCUT2D eigenvalue weighted by atomic mass is 10.0. The minimum absolute atomic E-state index is 0.0854. The normalized spacial score (nSPS) is 22.4. The predicted octanol–water partition coefficient (Wildman–Crippen LogP) is 0.799. The van der Waals surface area contributed by atoms with Gasteiger partial charge in [0.1, 0.15) is 23.2 Å². The van der Waals surface area contributed by atoms with Crippen molar-refractivity contribution in [3.05, 3.63) is 46.6 Å². The number of halogens is 1. The van der Waals surface area contributed by atoms with Gasteiger partial charge < -0.3 is 15.7 Å². The van der Waals surface area contributed by atoms with Crippen LogP contribution in [0.4, 0.5) is 0 Å². The van der Waals surface area contributed by atoms with Crippen LogP contribution in [0.1, 0.15) is 18.5 Å². The zero-order chi connectivity index (χ0) is 19.7. The number of hydrogen-bond donors (Lipinski definition) is 3. The highest BCUT2D eigenvalue weighted by Gasteiger charge is 2.54. The fourth-order valence-corrected chi connectivity index (χ4v) is 4.52. The largest absolute Gasteiger partial charge is 0.477 e. The summed E-state index contributed by atoms with van der Waals surface area (Å²) in [6.45, 7) is 1.29. The molecule has 142 valence electrons. The van der Waals surface area contributed by atoms with E-state index in [9.17, 15) is 24.3 Å². The Kier molecular flexibility index (Phi) is 5.43. The minimum atomic E-state index is -1.29. The Hall–Kier alpha value is -2.52. The van der Waals surface area contributed by atoms with Gasteiger partial charge in [0, 0.05) is 12.7 Å². The summed E-state index contributed by atoms with van der Waals surface area (Å²) in [7, 11) is 0. The monoisotopic (exact) mass is 409 g/mol. The van der Waals surface area contributed by atoms with Crippen LogP contribution < -0.4 is 10.6 Å². The molecule has 3 N–H and O–H groups in total. The summed E-state index contributed by atoms with van der Waals surface area (Å²) < 4.78 is 0. The number of amides is 3. The van der Waals surface area contributed by atoms with Gasteiger partial charge >= 0.3 is 5.97 Å². The maximum absolute atomic E-state index is 12.7. The van der Waals surface area contributed by atoms with Crippen molar-refractivity contribution in [1.29, 1.82) is 0 Å². The third-order valence-corrected chi connectivity index (χ3v) is 5.92. The maximum atomic E-state index is 12.7. The number of carboxylic acid groups (broad SMARTS) is 1. The fraction of sp³-hybridized carbons (Fsp3) is 0.294. The summed E-state index contributed by atoms with van der Waals surface area (Å²) in [5.41, 5.74) is 0.316. The van der Waals surface area contributed by atoms with E-state index in [4.69, 9.17) is 11.6 Å². The van der Waals surface area contributed by atoms with Gasteiger partial charge in [0.05, 0.1) is 5.03 Å². The first-order chi connectivity index (χ1) is 12.8. The first-order valence-corrected chi connectivity index (χ1v) is 9.43. The Balaban J connectivity index is 1.77. The molecule has 27 heavy (non-hydrogen) atoms. The lowest BCUT2D eigenvalue weighted by Crippen LogP contribution is -2.71. The number of nitrogens with zero attached hydrogens (tertiary/aromatic N) is 1. The molecule has 1 aromatic carbocycles. The standard InChI is InChI=1S/C17H16ClN3O5S/c1-8(22)19-11(9-5-3-2-4-6-9)14(23)20-12-15(24)21-13(17(25)26)10(18)7-27-16(12)21/h2-6,11-12,16H,7H2,1H3,(H,19,22)(H,20,23)(H,25,26). The van der Waals surface area contributed by atoms with Crippen LogP contribution in [0, 0.1) is 0 Å². The van der Waals surface area contributed by atoms with E-state index in [2.05, 4.69) is 10.6 Å². The van der Waals surface area contributed by atoms with Crippen molar-refractivity contribution in [2.45, 2.75) is 24.4 Å². The highest BCUT2D eigenvalue weighted by atomic mass is 35.5. The summed E-state index contributed by atoms with van der Waals surface area (Å²) in [6, 6.07) is 6.78. The second kappa shape index (κ2) is 7.61. The SMILES string of the molecule is CC(=O)NC(C(=O)NC1C(=O)N2C(C(=O)O)=C(Cl)CSC12)c1ccccc1. The van der Waals surface area contributed by atoms with Crippen LogP contribution in [0.25, 0.3) is 0 Å². The first-order valence-electron chi connectivity index (χ1n) is 8.00. The molecule has 0 aliphatic carbocycles. The van der Waals surface area contributed by atoms with Crippen molar-refractivity contribution in [3.8, 4) is 0 Å². The molecule has 3 rings (SSSR count). The number of fused-ring (bicyclic) bond motifs is 1. The number of carbonyl (C=O) groups excluding carboxylic acids is 3. The van der Waals surface area contributed by atoms with E-state index in [1.165, 1.54) is 18.7 Å². The third kappa shape index (κ3) is 3.65. The van der Waals surface area contributed by atoms with Crippen molar-refractivity contribution in [2.75, 3.05) is 5.75 Å². The van der Waals surface area contributed by atoms with Crippen molar-refractivity contribution >= 4 is 47.1 Å². The molecule has 0 radical (unpaired) electrons. The van der Waals surface area contributed by atoms with E-state index in [1.807, 2.05) is 0 Å². The van der Waals surface area contributed by atoms with Crippen molar-refractivity contribution < 1.29 is 24.3 Å². The molecule has 2 aliphatic heterocycles. The number of aliphatic carboxylic acids is 1. The summed E-state index contributed by atoms with van der Waals surface area (Å²) in [5, 5.41) is 14.0. The Morgan fingerprint density at radius 3 is 2.56 bits per heavy atom. The molecule has 0 aromatic heterocycles. The number of carboxylic acids is 1. The van der Waals surface area contributed by atoms with E-state index >= 15 is 0 Å². The average Bonchev–Trinajstić information content (AvgIpc) is 2.64. The quantitative estimate of drug-likeness (QED) is 0.619. The van der Waals surface area contributed by atoms with Crippen LogP contribution in [0.2, 0.25) is 0 Å². The highest BCUT2D eigenvalue weighted by molar-refractivity contribution is 8.00. The minimum Gasteiger partial charge on any atom is -0.477 e. The summed E-state index contributed by atoms with van der Waals surface area (Å²) in [4.78, 5) is 49.1. The number of rotatable bonds is 5. The van der Waals surface area contributed by atoms with Crippen molar-refractivity contribution in [1.82, 2.24) is 15.5 Å². The van der Waals surface area contributed by atoms with Crippen LogP contribution in [0.3, 0.4) is 0 Å². The first kappa shape index (κ1) is 19.2. The second-order valence-corrected chi connectivity index (χ2v) is 7.56. The molecule has 3 atom stereocenters. The molecular weight excluding hydrogens is 394 g/mol. The lowest BCUT2D eigenvalue weighted by molar-refractivity contribution is -0.151. The van der Waals surface area contributed by atoms with Gasteiger partial charge in [-0.2, -0.15) is 0 Å². The van der Waals surface area contributed by atoms with Gasteiger partial charge in [-0.05, 0) is 5.56 Å². The van der Waals surface area contributed by atoms with E-state index in [-0.39, 0.29) is 16.5 Å². The van der Waals surface area contributed by atoms with E-state index in [1.54, 1.807) is 30.3 Å². The molecule has 8 nitrogen and oxygen atoms in total. The zero-order valence-electron chi connectivity index (χ0n) is 14.1. The van der Waals surface area contributed by atoms with Crippen LogP contribution in [0.5, 0.6) is 0 Å². The molecule has 0 bridgehead atoms. The number of nitrogens with one attached hydrogen (secondary N) is 2. The zero-order valence-corrected chi connectivity index (χ0v) is 15.7. The second-order valence-electron chi connectivity index (χ2n) is 6.00. The molecule has 2 heterocycles. The molecule has 3 unspecified atom stereocenters. The number of benzene rings is 1. The van der Waals surface area contributed by atoms with Gasteiger partial charge in [-0.3, -0.25) is 19.3 Å². The van der Waals surface area contributed by atoms with Crippen molar-refractivity contribution in [2.24, 2.45) is 0 Å². The lowest BCUT2D eigenvalue weighted by Gasteiger charge is -2.49. The molecule has 1 aromatic rings. The predicted molar refractivity (Wildman–Crippen MR) is 98.5 cm³/mol. The Labute approximate surface area is 163 Å². The van der Waals surface area contributed by atoms with Crippen LogP contribution in [-0.4, -0.2) is 50.9 Å². The Morgan fingerprint density at radius 2 is 1.96 bits per heavy atom. The van der Waals surface area contributed by atoms with E-state index < -0.39 is 41.1 Å². The van der Waals surface area contributed by atoms with Crippen LogP contribution in [0.15, 0.2) is 41.1 Å². The highest BCUT2D eigenvalue weighted by Crippen LogP contribution is 2.41. The molecule has 0 saturated carbocycles. The van der Waals surface area contributed by atoms with Crippen LogP contribution >= 0.6 is 23.4 Å². The van der Waals surface area contributed by atoms with E-state index in [0.29, 0.717) is 5.56 Å². The summed E-state index contributed by atoms with van der Waals surface area (Å²) >= 11 is 7.19. The molecule has 2 aliphatic rings. The third-order valence-electron chi connectivity index (χ3n) is 4.16. The van der Waals surface area contributed by atoms with Gasteiger partial charge in [-0.25, -0.2) is 4.79 Å². The number of thioether (sulfide) groups is 1. The van der Waals surface area contributed by atoms with Gasteiger partial charge in [0.25, 0.3) is 5.91 Å². The van der Waals surface area contributed by atoms with Gasteiger partial charge in [0.2, 0.25) is 11.8 Å². The molecular formula is C17H16ClN3O5S. The number of hydrogen-bond acceptors (Lipinski definition) is 5. The molecule has 0 spiro atoms. The molecule has 10 heteroatoms. The van der Waals surface area contributed by atoms with Gasteiger partial charge in [-0.1, -0.05) is 41.9 Å². The number of carbonyl (C=O) groups is 4. The topological polar surface area (TPSA) is 116 Å².